The number of hydrogen-bond donors (Lipinski definition) is 1. The number of hydrogen-bond acceptors (Lipinski definition) is 4. The van der Waals surface area contributed by atoms with Crippen LogP contribution in [-0.4, -0.2) is 38.6 Å². The summed E-state index contributed by atoms with van der Waals surface area (Å²) in [5.41, 5.74) is 0.530. The lowest BCUT2D eigenvalue weighted by Crippen LogP contribution is -2.43. The molecule has 4 rings (SSSR count). The van der Waals surface area contributed by atoms with Crippen molar-refractivity contribution in [3.63, 3.8) is 0 Å². The Morgan fingerprint density at radius 2 is 1.79 bits per heavy atom. The van der Waals surface area contributed by atoms with Crippen LogP contribution in [0.15, 0.2) is 53.6 Å². The van der Waals surface area contributed by atoms with Crippen molar-refractivity contribution in [2.24, 2.45) is 0 Å². The second-order valence-electron chi connectivity index (χ2n) is 6.58. The van der Waals surface area contributed by atoms with E-state index in [4.69, 9.17) is 0 Å². The molecule has 1 aliphatic rings. The van der Waals surface area contributed by atoms with Crippen LogP contribution >= 0.6 is 0 Å². The molecule has 3 aromatic rings. The Kier molecular flexibility index (Phi) is 4.80. The predicted molar refractivity (Wildman–Crippen MR) is 101 cm³/mol. The molecule has 148 valence electrons. The summed E-state index contributed by atoms with van der Waals surface area (Å²) in [6.07, 6.45) is -1.92. The van der Waals surface area contributed by atoms with Crippen LogP contribution in [0.25, 0.3) is 10.9 Å². The number of nitrogens with zero attached hydrogens (tertiary/aromatic N) is 2. The van der Waals surface area contributed by atoms with E-state index >= 15 is 0 Å². The molecule has 1 N–H and O–H groups in total. The van der Waals surface area contributed by atoms with Crippen molar-refractivity contribution in [1.29, 1.82) is 0 Å². The summed E-state index contributed by atoms with van der Waals surface area (Å²) in [5, 5.41) is 3.39. The van der Waals surface area contributed by atoms with Crippen LogP contribution in [0.4, 0.5) is 18.9 Å². The quantitative estimate of drug-likeness (QED) is 0.718. The maximum atomic E-state index is 13.6. The number of benzene rings is 2. The topological polar surface area (TPSA) is 54.3 Å². The molecule has 0 atom stereocenters. The van der Waals surface area contributed by atoms with Gasteiger partial charge in [-0.2, -0.15) is 0 Å². The fourth-order valence-corrected chi connectivity index (χ4v) is 4.86. The summed E-state index contributed by atoms with van der Waals surface area (Å²) in [6.45, 7) is 3.04. The first-order valence-corrected chi connectivity index (χ1v) is 10.2. The van der Waals surface area contributed by atoms with Crippen molar-refractivity contribution >= 4 is 26.6 Å². The van der Waals surface area contributed by atoms with Gasteiger partial charge in [0.1, 0.15) is 5.82 Å². The lowest BCUT2D eigenvalue weighted by molar-refractivity contribution is 0.153. The van der Waals surface area contributed by atoms with Crippen LogP contribution in [0.5, 0.6) is 0 Å². The predicted octanol–water partition coefficient (Wildman–Crippen LogP) is 3.36. The zero-order valence-electron chi connectivity index (χ0n) is 14.8. The second-order valence-corrected chi connectivity index (χ2v) is 8.40. The Morgan fingerprint density at radius 3 is 2.46 bits per heavy atom. The molecule has 0 amide bonds. The van der Waals surface area contributed by atoms with Crippen molar-refractivity contribution in [3.05, 3.63) is 60.0 Å². The van der Waals surface area contributed by atoms with E-state index in [0.717, 1.165) is 54.2 Å². The van der Waals surface area contributed by atoms with Gasteiger partial charge in [0.15, 0.2) is 0 Å². The van der Waals surface area contributed by atoms with Crippen LogP contribution in [0.1, 0.15) is 12.0 Å². The molecule has 0 aliphatic carbocycles. The number of fused-ring (bicyclic) bond motifs is 1. The van der Waals surface area contributed by atoms with E-state index < -0.39 is 22.3 Å². The number of alkyl halides is 2. The van der Waals surface area contributed by atoms with Crippen LogP contribution < -0.4 is 10.2 Å². The van der Waals surface area contributed by atoms with Gasteiger partial charge in [-0.1, -0.05) is 6.07 Å². The number of halogens is 3. The average Bonchev–Trinajstić information content (AvgIpc) is 3.08. The molecule has 1 fully saturated rings. The third kappa shape index (κ3) is 3.24. The van der Waals surface area contributed by atoms with Gasteiger partial charge in [0, 0.05) is 49.0 Å². The van der Waals surface area contributed by atoms with Crippen LogP contribution in [0, 0.1) is 5.82 Å². The number of nitrogens with one attached hydrogen (secondary N) is 1. The van der Waals surface area contributed by atoms with E-state index in [9.17, 15) is 21.6 Å². The standard InChI is InChI=1S/C19H18F3N3O2S/c20-13-2-1-3-15(10-13)28(26,27)25-12-17(19(21)22)16-11-14(4-5-18(16)25)24-8-6-23-7-9-24/h1-5,10-12,19,23H,6-9H2. The van der Waals surface area contributed by atoms with Gasteiger partial charge in [-0.05, 0) is 36.4 Å². The summed E-state index contributed by atoms with van der Waals surface area (Å²) >= 11 is 0. The summed E-state index contributed by atoms with van der Waals surface area (Å²) in [5.74, 6) is -0.715. The fourth-order valence-electron chi connectivity index (χ4n) is 3.45. The normalized spacial score (nSPS) is 15.5. The highest BCUT2D eigenvalue weighted by atomic mass is 32.2. The highest BCUT2D eigenvalue weighted by Gasteiger charge is 2.25. The van der Waals surface area contributed by atoms with Gasteiger partial charge in [-0.3, -0.25) is 0 Å². The van der Waals surface area contributed by atoms with E-state index in [1.165, 1.54) is 18.2 Å². The maximum Gasteiger partial charge on any atom is 0.268 e. The molecule has 0 radical (unpaired) electrons. The minimum Gasteiger partial charge on any atom is -0.369 e. The second kappa shape index (κ2) is 7.14. The van der Waals surface area contributed by atoms with E-state index in [-0.39, 0.29) is 21.4 Å². The summed E-state index contributed by atoms with van der Waals surface area (Å²) < 4.78 is 67.5. The Morgan fingerprint density at radius 1 is 1.04 bits per heavy atom. The number of rotatable bonds is 4. The summed E-state index contributed by atoms with van der Waals surface area (Å²) in [4.78, 5) is 1.76. The van der Waals surface area contributed by atoms with Crippen molar-refractivity contribution < 1.29 is 21.6 Å². The Balaban J connectivity index is 1.88. The van der Waals surface area contributed by atoms with Gasteiger partial charge in [0.2, 0.25) is 0 Å². The lowest BCUT2D eigenvalue weighted by Gasteiger charge is -2.29. The number of anilines is 1. The molecule has 9 heteroatoms. The van der Waals surface area contributed by atoms with Crippen molar-refractivity contribution in [3.8, 4) is 0 Å². The number of aromatic nitrogens is 1. The molecule has 0 unspecified atom stereocenters. The minimum atomic E-state index is -4.22. The first-order valence-electron chi connectivity index (χ1n) is 8.78. The maximum absolute atomic E-state index is 13.6. The third-order valence-corrected chi connectivity index (χ3v) is 6.52. The molecule has 0 bridgehead atoms. The van der Waals surface area contributed by atoms with Gasteiger partial charge >= 0.3 is 0 Å². The van der Waals surface area contributed by atoms with Gasteiger partial charge in [0.05, 0.1) is 10.4 Å². The minimum absolute atomic E-state index is 0.137. The zero-order chi connectivity index (χ0) is 19.9. The first kappa shape index (κ1) is 18.8. The third-order valence-electron chi connectivity index (χ3n) is 4.86. The molecular formula is C19H18F3N3O2S. The molecule has 2 heterocycles. The highest BCUT2D eigenvalue weighted by molar-refractivity contribution is 7.90. The Labute approximate surface area is 160 Å². The van der Waals surface area contributed by atoms with Crippen molar-refractivity contribution in [2.75, 3.05) is 31.1 Å². The summed E-state index contributed by atoms with van der Waals surface area (Å²) in [7, 11) is -4.22. The monoisotopic (exact) mass is 409 g/mol. The summed E-state index contributed by atoms with van der Waals surface area (Å²) in [6, 6.07) is 9.34. The highest BCUT2D eigenvalue weighted by Crippen LogP contribution is 2.34. The van der Waals surface area contributed by atoms with Crippen LogP contribution in [-0.2, 0) is 10.0 Å². The van der Waals surface area contributed by atoms with E-state index in [2.05, 4.69) is 10.2 Å². The largest absolute Gasteiger partial charge is 0.369 e. The molecule has 1 saturated heterocycles. The van der Waals surface area contributed by atoms with Gasteiger partial charge in [-0.25, -0.2) is 25.6 Å². The molecule has 1 aliphatic heterocycles. The molecular weight excluding hydrogens is 391 g/mol. The van der Waals surface area contributed by atoms with Crippen molar-refractivity contribution in [2.45, 2.75) is 11.3 Å². The Hall–Kier alpha value is -2.52. The molecule has 0 saturated carbocycles. The molecule has 5 nitrogen and oxygen atoms in total. The molecule has 2 aromatic carbocycles. The van der Waals surface area contributed by atoms with Gasteiger partial charge in [0.25, 0.3) is 16.4 Å². The SMILES string of the molecule is O=S(=O)(c1cccc(F)c1)n1cc(C(F)F)c2cc(N3CCNCC3)ccc21. The van der Waals surface area contributed by atoms with Crippen LogP contribution in [0.2, 0.25) is 0 Å². The van der Waals surface area contributed by atoms with Gasteiger partial charge in [-0.15, -0.1) is 0 Å². The van der Waals surface area contributed by atoms with Crippen molar-refractivity contribution in [1.82, 2.24) is 9.29 Å². The van der Waals surface area contributed by atoms with E-state index in [0.29, 0.717) is 0 Å². The first-order chi connectivity index (χ1) is 13.4. The van der Waals surface area contributed by atoms with Crippen LogP contribution in [0.3, 0.4) is 0 Å². The number of piperazine rings is 1. The van der Waals surface area contributed by atoms with E-state index in [1.54, 1.807) is 12.1 Å². The molecule has 28 heavy (non-hydrogen) atoms. The smallest absolute Gasteiger partial charge is 0.268 e. The average molecular weight is 409 g/mol. The fraction of sp³-hybridized carbons (Fsp3) is 0.263. The van der Waals surface area contributed by atoms with Gasteiger partial charge < -0.3 is 10.2 Å². The Bertz CT molecular complexity index is 1120. The lowest BCUT2D eigenvalue weighted by atomic mass is 10.1. The van der Waals surface area contributed by atoms with E-state index in [1.807, 2.05) is 0 Å². The molecule has 1 aromatic heterocycles. The molecule has 0 spiro atoms. The zero-order valence-corrected chi connectivity index (χ0v) is 15.6.